The predicted octanol–water partition coefficient (Wildman–Crippen LogP) is 4.65. The molecule has 2 aromatic rings. The van der Waals surface area contributed by atoms with Crippen molar-refractivity contribution in [1.29, 1.82) is 0 Å². The molecule has 2 aromatic carbocycles. The van der Waals surface area contributed by atoms with Crippen molar-refractivity contribution in [3.05, 3.63) is 46.5 Å². The van der Waals surface area contributed by atoms with Gasteiger partial charge in [0.15, 0.2) is 11.5 Å². The molecule has 0 saturated heterocycles. The zero-order chi connectivity index (χ0) is 18.7. The zero-order valence-corrected chi connectivity index (χ0v) is 16.4. The standard InChI is InChI=1S/C19H20ClNO4S/c1-11-4-5-16(23-3)15(6-11)21-19(22)12(2)26-9-13-7-14(20)18-17(8-13)24-10-25-18/h4-8,12H,9-10H2,1-3H3,(H,21,22). The Morgan fingerprint density at radius 2 is 2.15 bits per heavy atom. The highest BCUT2D eigenvalue weighted by molar-refractivity contribution is 7.99. The van der Waals surface area contributed by atoms with Crippen molar-refractivity contribution in [2.45, 2.75) is 24.9 Å². The maximum Gasteiger partial charge on any atom is 0.237 e. The lowest BCUT2D eigenvalue weighted by molar-refractivity contribution is -0.115. The van der Waals surface area contributed by atoms with Crippen molar-refractivity contribution in [1.82, 2.24) is 0 Å². The van der Waals surface area contributed by atoms with E-state index in [1.807, 2.05) is 44.2 Å². The summed E-state index contributed by atoms with van der Waals surface area (Å²) < 4.78 is 16.0. The van der Waals surface area contributed by atoms with Crippen molar-refractivity contribution in [2.75, 3.05) is 19.2 Å². The Morgan fingerprint density at radius 1 is 1.35 bits per heavy atom. The van der Waals surface area contributed by atoms with Gasteiger partial charge in [-0.05, 0) is 49.2 Å². The quantitative estimate of drug-likeness (QED) is 0.774. The number of nitrogens with one attached hydrogen (secondary N) is 1. The highest BCUT2D eigenvalue weighted by atomic mass is 35.5. The van der Waals surface area contributed by atoms with E-state index in [2.05, 4.69) is 5.32 Å². The maximum atomic E-state index is 12.5. The Balaban J connectivity index is 1.62. The van der Waals surface area contributed by atoms with Gasteiger partial charge >= 0.3 is 0 Å². The monoisotopic (exact) mass is 393 g/mol. The first-order chi connectivity index (χ1) is 12.5. The van der Waals surface area contributed by atoms with Gasteiger partial charge in [-0.3, -0.25) is 4.79 Å². The van der Waals surface area contributed by atoms with Gasteiger partial charge in [0.1, 0.15) is 5.75 Å². The molecule has 1 atom stereocenters. The molecular weight excluding hydrogens is 374 g/mol. The molecule has 7 heteroatoms. The Morgan fingerprint density at radius 3 is 2.92 bits per heavy atom. The Bertz CT molecular complexity index is 827. The zero-order valence-electron chi connectivity index (χ0n) is 14.8. The average Bonchev–Trinajstić information content (AvgIpc) is 3.09. The van der Waals surface area contributed by atoms with Crippen LogP contribution in [-0.4, -0.2) is 25.1 Å². The minimum atomic E-state index is -0.246. The summed E-state index contributed by atoms with van der Waals surface area (Å²) in [5.41, 5.74) is 2.71. The van der Waals surface area contributed by atoms with E-state index in [9.17, 15) is 4.79 Å². The number of anilines is 1. The number of methoxy groups -OCH3 is 1. The van der Waals surface area contributed by atoms with Gasteiger partial charge in [-0.25, -0.2) is 0 Å². The summed E-state index contributed by atoms with van der Waals surface area (Å²) in [7, 11) is 1.59. The Labute approximate surface area is 162 Å². The molecule has 1 heterocycles. The van der Waals surface area contributed by atoms with Crippen molar-refractivity contribution in [3.8, 4) is 17.2 Å². The van der Waals surface area contributed by atoms with E-state index in [0.717, 1.165) is 11.1 Å². The second-order valence-corrected chi connectivity index (χ2v) is 7.69. The first-order valence-electron chi connectivity index (χ1n) is 8.13. The minimum absolute atomic E-state index is 0.0780. The second-order valence-electron chi connectivity index (χ2n) is 5.96. The number of aryl methyl sites for hydroxylation is 1. The molecule has 138 valence electrons. The van der Waals surface area contributed by atoms with Crippen molar-refractivity contribution in [2.24, 2.45) is 0 Å². The van der Waals surface area contributed by atoms with E-state index >= 15 is 0 Å². The van der Waals surface area contributed by atoms with Gasteiger partial charge in [-0.2, -0.15) is 0 Å². The number of hydrogen-bond donors (Lipinski definition) is 1. The molecule has 0 radical (unpaired) electrons. The highest BCUT2D eigenvalue weighted by Crippen LogP contribution is 2.40. The summed E-state index contributed by atoms with van der Waals surface area (Å²) in [6.45, 7) is 4.02. The summed E-state index contributed by atoms with van der Waals surface area (Å²) in [6.07, 6.45) is 0. The molecular formula is C19H20ClNO4S. The Hall–Kier alpha value is -2.05. The van der Waals surface area contributed by atoms with Gasteiger partial charge in [0, 0.05) is 5.75 Å². The number of amides is 1. The van der Waals surface area contributed by atoms with Crippen LogP contribution >= 0.6 is 23.4 Å². The normalized spacial score (nSPS) is 13.4. The van der Waals surface area contributed by atoms with Crippen LogP contribution in [0.2, 0.25) is 5.02 Å². The molecule has 0 saturated carbocycles. The topological polar surface area (TPSA) is 56.8 Å². The maximum absolute atomic E-state index is 12.5. The molecule has 1 N–H and O–H groups in total. The molecule has 1 unspecified atom stereocenters. The smallest absolute Gasteiger partial charge is 0.237 e. The third-order valence-corrected chi connectivity index (χ3v) is 5.46. The van der Waals surface area contributed by atoms with Crippen molar-refractivity contribution >= 4 is 35.0 Å². The largest absolute Gasteiger partial charge is 0.495 e. The number of fused-ring (bicyclic) bond motifs is 1. The van der Waals surface area contributed by atoms with Crippen LogP contribution in [0.3, 0.4) is 0 Å². The van der Waals surface area contributed by atoms with Gasteiger partial charge in [0.2, 0.25) is 12.7 Å². The molecule has 1 aliphatic heterocycles. The fraction of sp³-hybridized carbons (Fsp3) is 0.316. The molecule has 0 fully saturated rings. The molecule has 3 rings (SSSR count). The number of thioether (sulfide) groups is 1. The van der Waals surface area contributed by atoms with Gasteiger partial charge < -0.3 is 19.5 Å². The fourth-order valence-corrected chi connectivity index (χ4v) is 3.66. The Kier molecular flexibility index (Phi) is 5.84. The summed E-state index contributed by atoms with van der Waals surface area (Å²) in [6, 6.07) is 9.42. The summed E-state index contributed by atoms with van der Waals surface area (Å²) in [5.74, 6) is 2.43. The van der Waals surface area contributed by atoms with E-state index < -0.39 is 0 Å². The number of hydrogen-bond acceptors (Lipinski definition) is 5. The number of carbonyl (C=O) groups excluding carboxylic acids is 1. The van der Waals surface area contributed by atoms with Crippen LogP contribution in [0.15, 0.2) is 30.3 Å². The van der Waals surface area contributed by atoms with Crippen LogP contribution in [0.4, 0.5) is 5.69 Å². The SMILES string of the molecule is COc1ccc(C)cc1NC(=O)C(C)SCc1cc(Cl)c2c(c1)OCO2. The molecule has 0 bridgehead atoms. The van der Waals surface area contributed by atoms with Gasteiger partial charge in [-0.15, -0.1) is 11.8 Å². The second kappa shape index (κ2) is 8.10. The van der Waals surface area contributed by atoms with Gasteiger partial charge in [0.25, 0.3) is 0 Å². The van der Waals surface area contributed by atoms with Gasteiger partial charge in [-0.1, -0.05) is 17.7 Å². The van der Waals surface area contributed by atoms with Crippen LogP contribution < -0.4 is 19.5 Å². The van der Waals surface area contributed by atoms with Crippen molar-refractivity contribution < 1.29 is 19.0 Å². The van der Waals surface area contributed by atoms with Crippen LogP contribution in [-0.2, 0) is 10.5 Å². The molecule has 0 aromatic heterocycles. The molecule has 0 spiro atoms. The third-order valence-electron chi connectivity index (χ3n) is 3.97. The van der Waals surface area contributed by atoms with Crippen LogP contribution in [0, 0.1) is 6.92 Å². The molecule has 5 nitrogen and oxygen atoms in total. The lowest BCUT2D eigenvalue weighted by atomic mass is 10.2. The molecule has 1 aliphatic rings. The summed E-state index contributed by atoms with van der Waals surface area (Å²) in [4.78, 5) is 12.5. The average molecular weight is 394 g/mol. The van der Waals surface area contributed by atoms with Crippen LogP contribution in [0.25, 0.3) is 0 Å². The lowest BCUT2D eigenvalue weighted by Gasteiger charge is -2.15. The van der Waals surface area contributed by atoms with E-state index in [4.69, 9.17) is 25.8 Å². The fourth-order valence-electron chi connectivity index (χ4n) is 2.55. The number of benzene rings is 2. The number of rotatable bonds is 6. The molecule has 1 amide bonds. The minimum Gasteiger partial charge on any atom is -0.495 e. The molecule has 0 aliphatic carbocycles. The highest BCUT2D eigenvalue weighted by Gasteiger charge is 2.20. The van der Waals surface area contributed by atoms with Crippen LogP contribution in [0.5, 0.6) is 17.2 Å². The third kappa shape index (κ3) is 4.19. The predicted molar refractivity (Wildman–Crippen MR) is 105 cm³/mol. The first-order valence-corrected chi connectivity index (χ1v) is 9.55. The van der Waals surface area contributed by atoms with E-state index in [0.29, 0.717) is 33.7 Å². The molecule has 26 heavy (non-hydrogen) atoms. The number of halogens is 1. The first kappa shape index (κ1) is 18.7. The van der Waals surface area contributed by atoms with Gasteiger partial charge in [0.05, 0.1) is 23.1 Å². The van der Waals surface area contributed by atoms with Crippen molar-refractivity contribution in [3.63, 3.8) is 0 Å². The van der Waals surface area contributed by atoms with Crippen LogP contribution in [0.1, 0.15) is 18.1 Å². The van der Waals surface area contributed by atoms with E-state index in [1.165, 1.54) is 11.8 Å². The number of carbonyl (C=O) groups is 1. The number of ether oxygens (including phenoxy) is 3. The summed E-state index contributed by atoms with van der Waals surface area (Å²) in [5, 5.41) is 3.22. The lowest BCUT2D eigenvalue weighted by Crippen LogP contribution is -2.23. The van der Waals surface area contributed by atoms with E-state index in [1.54, 1.807) is 7.11 Å². The van der Waals surface area contributed by atoms with E-state index in [-0.39, 0.29) is 18.0 Å². The summed E-state index contributed by atoms with van der Waals surface area (Å²) >= 11 is 7.72.